The fourth-order valence-corrected chi connectivity index (χ4v) is 1.53. The third-order valence-corrected chi connectivity index (χ3v) is 2.40. The van der Waals surface area contributed by atoms with Crippen molar-refractivity contribution in [2.45, 2.75) is 12.8 Å². The van der Waals surface area contributed by atoms with Crippen LogP contribution in [0.2, 0.25) is 0 Å². The van der Waals surface area contributed by atoms with Gasteiger partial charge in [0.05, 0.1) is 0 Å². The Bertz CT molecular complexity index is 325. The highest BCUT2D eigenvalue weighted by atomic mass is 79.9. The first kappa shape index (κ1) is 9.28. The summed E-state index contributed by atoms with van der Waals surface area (Å²) in [6, 6.07) is 4.52. The Labute approximate surface area is 79.9 Å². The zero-order valence-corrected chi connectivity index (χ0v) is 8.23. The van der Waals surface area contributed by atoms with E-state index in [-0.39, 0.29) is 11.7 Å². The van der Waals surface area contributed by atoms with Gasteiger partial charge in [0.1, 0.15) is 5.82 Å². The standard InChI is InChI=1S/C10H8BrF/c1-3-7(2)9-6-8(12)4-5-10(9)11/h1,4-7H,2H3. The zero-order valence-electron chi connectivity index (χ0n) is 6.64. The molecule has 0 fully saturated rings. The quantitative estimate of drug-likeness (QED) is 0.645. The molecule has 62 valence electrons. The minimum atomic E-state index is -0.254. The largest absolute Gasteiger partial charge is 0.207 e. The maximum atomic E-state index is 12.8. The predicted octanol–water partition coefficient (Wildman–Crippen LogP) is 3.32. The van der Waals surface area contributed by atoms with Crippen LogP contribution >= 0.6 is 15.9 Å². The second-order valence-corrected chi connectivity index (χ2v) is 3.41. The zero-order chi connectivity index (χ0) is 9.14. The molecular weight excluding hydrogens is 219 g/mol. The van der Waals surface area contributed by atoms with E-state index < -0.39 is 0 Å². The van der Waals surface area contributed by atoms with Crippen LogP contribution in [0.25, 0.3) is 0 Å². The maximum Gasteiger partial charge on any atom is 0.123 e. The van der Waals surface area contributed by atoms with Crippen LogP contribution in [-0.2, 0) is 0 Å². The molecule has 1 aromatic carbocycles. The molecule has 0 radical (unpaired) electrons. The molecule has 0 saturated carbocycles. The molecule has 0 aliphatic heterocycles. The van der Waals surface area contributed by atoms with Crippen molar-refractivity contribution < 1.29 is 4.39 Å². The van der Waals surface area contributed by atoms with Crippen LogP contribution in [0.4, 0.5) is 4.39 Å². The van der Waals surface area contributed by atoms with Crippen molar-refractivity contribution in [1.82, 2.24) is 0 Å². The van der Waals surface area contributed by atoms with Gasteiger partial charge in [0.15, 0.2) is 0 Å². The van der Waals surface area contributed by atoms with Crippen molar-refractivity contribution >= 4 is 15.9 Å². The Hall–Kier alpha value is -0.810. The van der Waals surface area contributed by atoms with Gasteiger partial charge in [-0.15, -0.1) is 6.42 Å². The summed E-state index contributed by atoms with van der Waals surface area (Å²) in [4.78, 5) is 0. The van der Waals surface area contributed by atoms with Gasteiger partial charge in [-0.1, -0.05) is 21.9 Å². The van der Waals surface area contributed by atoms with E-state index in [4.69, 9.17) is 6.42 Å². The van der Waals surface area contributed by atoms with Crippen LogP contribution in [0.3, 0.4) is 0 Å². The molecule has 0 amide bonds. The Morgan fingerprint density at radius 2 is 2.25 bits per heavy atom. The Kier molecular flexibility index (Phi) is 2.88. The first-order valence-corrected chi connectivity index (χ1v) is 4.35. The summed E-state index contributed by atoms with van der Waals surface area (Å²) in [5.41, 5.74) is 0.817. The number of rotatable bonds is 1. The topological polar surface area (TPSA) is 0 Å². The molecule has 0 aromatic heterocycles. The third kappa shape index (κ3) is 1.86. The molecule has 0 aliphatic rings. The number of hydrogen-bond acceptors (Lipinski definition) is 0. The Morgan fingerprint density at radius 1 is 1.58 bits per heavy atom. The maximum absolute atomic E-state index is 12.8. The lowest BCUT2D eigenvalue weighted by Crippen LogP contribution is -1.91. The minimum Gasteiger partial charge on any atom is -0.207 e. The summed E-state index contributed by atoms with van der Waals surface area (Å²) in [6.07, 6.45) is 5.23. The highest BCUT2D eigenvalue weighted by Crippen LogP contribution is 2.24. The number of hydrogen-bond donors (Lipinski definition) is 0. The molecule has 1 rings (SSSR count). The van der Waals surface area contributed by atoms with Gasteiger partial charge in [0.25, 0.3) is 0 Å². The third-order valence-electron chi connectivity index (χ3n) is 1.67. The van der Waals surface area contributed by atoms with Crippen molar-refractivity contribution in [2.75, 3.05) is 0 Å². The van der Waals surface area contributed by atoms with Gasteiger partial charge in [-0.2, -0.15) is 0 Å². The molecule has 0 bridgehead atoms. The molecule has 0 N–H and O–H groups in total. The smallest absolute Gasteiger partial charge is 0.123 e. The Morgan fingerprint density at radius 3 is 2.83 bits per heavy atom. The molecule has 1 atom stereocenters. The first-order chi connectivity index (χ1) is 5.65. The van der Waals surface area contributed by atoms with Gasteiger partial charge in [0, 0.05) is 10.4 Å². The summed E-state index contributed by atoms with van der Waals surface area (Å²) in [7, 11) is 0. The average Bonchev–Trinajstić information content (AvgIpc) is 2.08. The lowest BCUT2D eigenvalue weighted by atomic mass is 10.0. The Balaban J connectivity index is 3.15. The van der Waals surface area contributed by atoms with E-state index in [1.807, 2.05) is 6.92 Å². The molecule has 0 saturated heterocycles. The molecule has 0 spiro atoms. The molecule has 1 aromatic rings. The number of terminal acetylenes is 1. The molecule has 1 unspecified atom stereocenters. The van der Waals surface area contributed by atoms with Gasteiger partial charge in [-0.05, 0) is 30.7 Å². The fourth-order valence-electron chi connectivity index (χ4n) is 0.936. The van der Waals surface area contributed by atoms with Crippen molar-refractivity contribution in [2.24, 2.45) is 0 Å². The van der Waals surface area contributed by atoms with Gasteiger partial charge in [-0.25, -0.2) is 4.39 Å². The van der Waals surface area contributed by atoms with Crippen LogP contribution in [0.15, 0.2) is 22.7 Å². The molecular formula is C10H8BrF. The van der Waals surface area contributed by atoms with Gasteiger partial charge >= 0.3 is 0 Å². The SMILES string of the molecule is C#CC(C)c1cc(F)ccc1Br. The number of benzene rings is 1. The highest BCUT2D eigenvalue weighted by Gasteiger charge is 2.06. The normalized spacial score (nSPS) is 12.2. The van der Waals surface area contributed by atoms with Crippen LogP contribution in [0.1, 0.15) is 18.4 Å². The average molecular weight is 227 g/mol. The predicted molar refractivity (Wildman–Crippen MR) is 51.3 cm³/mol. The lowest BCUT2D eigenvalue weighted by Gasteiger charge is -2.06. The van der Waals surface area contributed by atoms with E-state index in [1.54, 1.807) is 6.07 Å². The molecule has 12 heavy (non-hydrogen) atoms. The van der Waals surface area contributed by atoms with Crippen LogP contribution in [-0.4, -0.2) is 0 Å². The van der Waals surface area contributed by atoms with Crippen molar-refractivity contribution in [3.63, 3.8) is 0 Å². The molecule has 0 aliphatic carbocycles. The summed E-state index contributed by atoms with van der Waals surface area (Å²) in [6.45, 7) is 1.86. The summed E-state index contributed by atoms with van der Waals surface area (Å²) >= 11 is 3.31. The van der Waals surface area contributed by atoms with Gasteiger partial charge in [-0.3, -0.25) is 0 Å². The van der Waals surface area contributed by atoms with E-state index in [1.165, 1.54) is 12.1 Å². The van der Waals surface area contributed by atoms with E-state index in [9.17, 15) is 4.39 Å². The van der Waals surface area contributed by atoms with Crippen molar-refractivity contribution in [3.05, 3.63) is 34.1 Å². The number of halogens is 2. The second-order valence-electron chi connectivity index (χ2n) is 2.55. The molecule has 0 heterocycles. The van der Waals surface area contributed by atoms with Gasteiger partial charge < -0.3 is 0 Å². The summed E-state index contributed by atoms with van der Waals surface area (Å²) in [5.74, 6) is 2.24. The molecule has 2 heteroatoms. The van der Waals surface area contributed by atoms with Crippen molar-refractivity contribution in [1.29, 1.82) is 0 Å². The van der Waals surface area contributed by atoms with Crippen LogP contribution < -0.4 is 0 Å². The summed E-state index contributed by atoms with van der Waals surface area (Å²) < 4.78 is 13.6. The van der Waals surface area contributed by atoms with Crippen LogP contribution in [0, 0.1) is 18.2 Å². The first-order valence-electron chi connectivity index (χ1n) is 3.56. The second kappa shape index (κ2) is 3.73. The van der Waals surface area contributed by atoms with Gasteiger partial charge in [0.2, 0.25) is 0 Å². The highest BCUT2D eigenvalue weighted by molar-refractivity contribution is 9.10. The van der Waals surface area contributed by atoms with Crippen LogP contribution in [0.5, 0.6) is 0 Å². The monoisotopic (exact) mass is 226 g/mol. The fraction of sp³-hybridized carbons (Fsp3) is 0.200. The van der Waals surface area contributed by atoms with E-state index in [0.29, 0.717) is 0 Å². The molecule has 0 nitrogen and oxygen atoms in total. The van der Waals surface area contributed by atoms with E-state index >= 15 is 0 Å². The van der Waals surface area contributed by atoms with E-state index in [2.05, 4.69) is 21.9 Å². The van der Waals surface area contributed by atoms with E-state index in [0.717, 1.165) is 10.0 Å². The summed E-state index contributed by atoms with van der Waals surface area (Å²) in [5, 5.41) is 0. The lowest BCUT2D eigenvalue weighted by molar-refractivity contribution is 0.624. The minimum absolute atomic E-state index is 0.0601. The van der Waals surface area contributed by atoms with Crippen molar-refractivity contribution in [3.8, 4) is 12.3 Å².